The predicted octanol–water partition coefficient (Wildman–Crippen LogP) is 3.29. The van der Waals surface area contributed by atoms with Gasteiger partial charge in [0.15, 0.2) is 0 Å². The van der Waals surface area contributed by atoms with Crippen LogP contribution in [0.3, 0.4) is 0 Å². The largest absolute Gasteiger partial charge is 0.344 e. The second kappa shape index (κ2) is 7.98. The second-order valence-electron chi connectivity index (χ2n) is 5.98. The first-order valence-corrected chi connectivity index (χ1v) is 9.52. The van der Waals surface area contributed by atoms with Crippen molar-refractivity contribution in [3.8, 4) is 16.9 Å². The van der Waals surface area contributed by atoms with Crippen molar-refractivity contribution in [1.29, 1.82) is 0 Å². The van der Waals surface area contributed by atoms with E-state index in [0.29, 0.717) is 12.2 Å². The summed E-state index contributed by atoms with van der Waals surface area (Å²) in [5.41, 5.74) is 2.39. The molecule has 1 N–H and O–H groups in total. The Morgan fingerprint density at radius 2 is 1.68 bits per heavy atom. The van der Waals surface area contributed by atoms with Crippen LogP contribution in [0.1, 0.15) is 15.5 Å². The number of carbonyl (C=O) groups is 1. The summed E-state index contributed by atoms with van der Waals surface area (Å²) in [6.45, 7) is 0.294. The van der Waals surface area contributed by atoms with E-state index in [-0.39, 0.29) is 17.2 Å². The highest BCUT2D eigenvalue weighted by atomic mass is 32.1. The van der Waals surface area contributed by atoms with Gasteiger partial charge in [-0.25, -0.2) is 4.98 Å². The third kappa shape index (κ3) is 3.89. The third-order valence-corrected chi connectivity index (χ3v) is 4.90. The quantitative estimate of drug-likeness (QED) is 0.569. The number of hydrogen-bond acceptors (Lipinski definition) is 5. The molecule has 2 aromatic heterocycles. The average molecular weight is 388 g/mol. The maximum absolute atomic E-state index is 12.5. The van der Waals surface area contributed by atoms with Crippen molar-refractivity contribution < 1.29 is 4.79 Å². The number of rotatable bonds is 5. The van der Waals surface area contributed by atoms with Crippen LogP contribution in [0, 0.1) is 0 Å². The molecular weight excluding hydrogens is 372 g/mol. The van der Waals surface area contributed by atoms with Crippen LogP contribution < -0.4 is 10.9 Å². The van der Waals surface area contributed by atoms with Crippen molar-refractivity contribution in [3.63, 3.8) is 0 Å². The molecule has 28 heavy (non-hydrogen) atoms. The molecule has 138 valence electrons. The van der Waals surface area contributed by atoms with E-state index in [4.69, 9.17) is 0 Å². The summed E-state index contributed by atoms with van der Waals surface area (Å²) >= 11 is 1.48. The molecule has 0 saturated heterocycles. The monoisotopic (exact) mass is 388 g/mol. The first kappa shape index (κ1) is 17.8. The molecular formula is C21H16N4O2S. The van der Waals surface area contributed by atoms with Crippen molar-refractivity contribution in [1.82, 2.24) is 20.1 Å². The summed E-state index contributed by atoms with van der Waals surface area (Å²) in [7, 11) is 0. The molecule has 0 aliphatic rings. The van der Waals surface area contributed by atoms with Gasteiger partial charge in [-0.05, 0) is 18.2 Å². The zero-order chi connectivity index (χ0) is 19.3. The Labute approximate surface area is 165 Å². The van der Waals surface area contributed by atoms with Crippen LogP contribution in [0.25, 0.3) is 16.9 Å². The summed E-state index contributed by atoms with van der Waals surface area (Å²) in [4.78, 5) is 29.1. The van der Waals surface area contributed by atoms with Gasteiger partial charge in [0.2, 0.25) is 0 Å². The third-order valence-electron chi connectivity index (χ3n) is 4.06. The topological polar surface area (TPSA) is 76.9 Å². The lowest BCUT2D eigenvalue weighted by molar-refractivity contribution is 0.0944. The fraction of sp³-hybridized carbons (Fsp3) is 0.0476. The Balaban J connectivity index is 1.48. The fourth-order valence-electron chi connectivity index (χ4n) is 2.67. The van der Waals surface area contributed by atoms with E-state index in [1.807, 2.05) is 53.9 Å². The normalized spacial score (nSPS) is 10.6. The fourth-order valence-corrected chi connectivity index (χ4v) is 3.41. The molecule has 0 fully saturated rings. The number of carbonyl (C=O) groups excluding carboxylic acids is 1. The van der Waals surface area contributed by atoms with Gasteiger partial charge in [0.05, 0.1) is 17.9 Å². The molecule has 0 atom stereocenters. The van der Waals surface area contributed by atoms with Gasteiger partial charge in [-0.15, -0.1) is 11.3 Å². The first-order valence-electron chi connectivity index (χ1n) is 8.64. The van der Waals surface area contributed by atoms with Gasteiger partial charge >= 0.3 is 0 Å². The second-order valence-corrected chi connectivity index (χ2v) is 6.92. The minimum absolute atomic E-state index is 0.170. The number of amides is 1. The molecule has 0 saturated carbocycles. The predicted molar refractivity (Wildman–Crippen MR) is 109 cm³/mol. The number of nitrogens with zero attached hydrogens (tertiary/aromatic N) is 3. The van der Waals surface area contributed by atoms with E-state index < -0.39 is 0 Å². The van der Waals surface area contributed by atoms with Crippen LogP contribution in [0.2, 0.25) is 0 Å². The Kier molecular flexibility index (Phi) is 5.07. The lowest BCUT2D eigenvalue weighted by Gasteiger charge is -2.07. The zero-order valence-corrected chi connectivity index (χ0v) is 15.6. The maximum Gasteiger partial charge on any atom is 0.272 e. The SMILES string of the molecule is O=C(NCc1nc(-c2ccccc2)cs1)c1ccc(=O)n(-c2ccccc2)n1. The summed E-state index contributed by atoms with van der Waals surface area (Å²) in [6.07, 6.45) is 0. The molecule has 1 amide bonds. The minimum atomic E-state index is -0.360. The van der Waals surface area contributed by atoms with Crippen molar-refractivity contribution in [2.75, 3.05) is 0 Å². The number of thiazole rings is 1. The van der Waals surface area contributed by atoms with Crippen LogP contribution in [-0.4, -0.2) is 20.7 Å². The molecule has 2 heterocycles. The Hall–Kier alpha value is -3.58. The molecule has 4 aromatic rings. The van der Waals surface area contributed by atoms with E-state index in [0.717, 1.165) is 16.3 Å². The van der Waals surface area contributed by atoms with Gasteiger partial charge in [-0.3, -0.25) is 9.59 Å². The van der Waals surface area contributed by atoms with Gasteiger partial charge in [0, 0.05) is 17.0 Å². The molecule has 0 spiro atoms. The number of para-hydroxylation sites is 1. The number of nitrogens with one attached hydrogen (secondary N) is 1. The zero-order valence-electron chi connectivity index (χ0n) is 14.8. The molecule has 7 heteroatoms. The molecule has 6 nitrogen and oxygen atoms in total. The molecule has 0 aliphatic heterocycles. The van der Waals surface area contributed by atoms with Crippen molar-refractivity contribution >= 4 is 17.2 Å². The van der Waals surface area contributed by atoms with Crippen molar-refractivity contribution in [2.45, 2.75) is 6.54 Å². The highest BCUT2D eigenvalue weighted by Crippen LogP contribution is 2.21. The van der Waals surface area contributed by atoms with Crippen molar-refractivity contribution in [3.05, 3.63) is 99.2 Å². The summed E-state index contributed by atoms with van der Waals surface area (Å²) in [5, 5.41) is 9.75. The van der Waals surface area contributed by atoms with Gasteiger partial charge in [0.25, 0.3) is 11.5 Å². The Morgan fingerprint density at radius 3 is 2.43 bits per heavy atom. The summed E-state index contributed by atoms with van der Waals surface area (Å²) in [5.74, 6) is -0.360. The van der Waals surface area contributed by atoms with Crippen LogP contribution in [0.5, 0.6) is 0 Å². The molecule has 0 bridgehead atoms. The van der Waals surface area contributed by atoms with Gasteiger partial charge in [-0.2, -0.15) is 9.78 Å². The number of aromatic nitrogens is 3. The molecule has 0 unspecified atom stereocenters. The van der Waals surface area contributed by atoms with Gasteiger partial charge in [0.1, 0.15) is 10.7 Å². The smallest absolute Gasteiger partial charge is 0.272 e. The summed E-state index contributed by atoms with van der Waals surface area (Å²) < 4.78 is 1.21. The van der Waals surface area contributed by atoms with E-state index in [9.17, 15) is 9.59 Å². The van der Waals surface area contributed by atoms with Crippen LogP contribution in [0.15, 0.2) is 83.0 Å². The lowest BCUT2D eigenvalue weighted by Crippen LogP contribution is -2.28. The van der Waals surface area contributed by atoms with Crippen LogP contribution in [-0.2, 0) is 6.54 Å². The Morgan fingerprint density at radius 1 is 0.964 bits per heavy atom. The van der Waals surface area contributed by atoms with E-state index in [1.54, 1.807) is 12.1 Å². The van der Waals surface area contributed by atoms with E-state index >= 15 is 0 Å². The average Bonchev–Trinajstić information content (AvgIpc) is 3.23. The molecule has 4 rings (SSSR count). The molecule has 0 radical (unpaired) electrons. The van der Waals surface area contributed by atoms with Crippen LogP contribution in [0.4, 0.5) is 0 Å². The van der Waals surface area contributed by atoms with Crippen molar-refractivity contribution in [2.24, 2.45) is 0 Å². The lowest BCUT2D eigenvalue weighted by atomic mass is 10.2. The van der Waals surface area contributed by atoms with Gasteiger partial charge < -0.3 is 5.32 Å². The highest BCUT2D eigenvalue weighted by molar-refractivity contribution is 7.09. The maximum atomic E-state index is 12.5. The Bertz CT molecular complexity index is 1150. The summed E-state index contributed by atoms with van der Waals surface area (Å²) in [6, 6.07) is 21.6. The molecule has 0 aliphatic carbocycles. The minimum Gasteiger partial charge on any atom is -0.344 e. The van der Waals surface area contributed by atoms with Crippen LogP contribution >= 0.6 is 11.3 Å². The first-order chi connectivity index (χ1) is 13.7. The highest BCUT2D eigenvalue weighted by Gasteiger charge is 2.12. The molecule has 2 aromatic carbocycles. The van der Waals surface area contributed by atoms with E-state index in [2.05, 4.69) is 15.4 Å². The standard InChI is InChI=1S/C21H16N4O2S/c26-20-12-11-17(24-25(20)16-9-5-2-6-10-16)21(27)22-13-19-23-18(14-28-19)15-7-3-1-4-8-15/h1-12,14H,13H2,(H,22,27). The number of benzene rings is 2. The van der Waals surface area contributed by atoms with Gasteiger partial charge in [-0.1, -0.05) is 48.5 Å². The van der Waals surface area contributed by atoms with E-state index in [1.165, 1.54) is 28.2 Å². The number of hydrogen-bond donors (Lipinski definition) is 1.